The number of nitrogens with one attached hydrogen (secondary N) is 1. The number of halogens is 1. The molecule has 5 heteroatoms. The first-order valence-electron chi connectivity index (χ1n) is 8.71. The van der Waals surface area contributed by atoms with Gasteiger partial charge in [0, 0.05) is 4.47 Å². The molecule has 26 heavy (non-hydrogen) atoms. The minimum absolute atomic E-state index is 0.0784. The van der Waals surface area contributed by atoms with Gasteiger partial charge >= 0.3 is 0 Å². The molecule has 0 saturated carbocycles. The molecule has 2 aromatic rings. The van der Waals surface area contributed by atoms with Crippen molar-refractivity contribution in [3.8, 4) is 5.75 Å². The number of amides is 1. The molecule has 1 amide bonds. The molecule has 138 valence electrons. The number of nitrogens with zero attached hydrogens (tertiary/aromatic N) is 1. The van der Waals surface area contributed by atoms with E-state index in [1.165, 1.54) is 5.56 Å². The van der Waals surface area contributed by atoms with Gasteiger partial charge in [0.15, 0.2) is 6.61 Å². The van der Waals surface area contributed by atoms with Gasteiger partial charge in [-0.1, -0.05) is 67.9 Å². The van der Waals surface area contributed by atoms with Crippen molar-refractivity contribution in [3.63, 3.8) is 0 Å². The Kier molecular flexibility index (Phi) is 7.39. The number of benzene rings is 2. The fraction of sp³-hybridized carbons (Fsp3) is 0.333. The van der Waals surface area contributed by atoms with E-state index in [4.69, 9.17) is 4.74 Å². The van der Waals surface area contributed by atoms with Crippen molar-refractivity contribution in [2.75, 3.05) is 6.61 Å². The van der Waals surface area contributed by atoms with Crippen LogP contribution in [-0.4, -0.2) is 18.7 Å². The highest BCUT2D eigenvalue weighted by molar-refractivity contribution is 9.10. The average Bonchev–Trinajstić information content (AvgIpc) is 2.61. The van der Waals surface area contributed by atoms with Crippen LogP contribution in [0.25, 0.3) is 0 Å². The molecule has 0 radical (unpaired) electrons. The van der Waals surface area contributed by atoms with E-state index >= 15 is 0 Å². The van der Waals surface area contributed by atoms with Crippen molar-refractivity contribution in [2.45, 2.75) is 39.5 Å². The number of carbonyl (C=O) groups excluding carboxylic acids is 1. The second-order valence-corrected chi connectivity index (χ2v) is 7.66. The van der Waals surface area contributed by atoms with Crippen LogP contribution < -0.4 is 10.2 Å². The van der Waals surface area contributed by atoms with E-state index < -0.39 is 0 Å². The highest BCUT2D eigenvalue weighted by Gasteiger charge is 2.10. The summed E-state index contributed by atoms with van der Waals surface area (Å²) in [6, 6.07) is 13.9. The van der Waals surface area contributed by atoms with Crippen molar-refractivity contribution in [3.05, 3.63) is 63.6 Å². The van der Waals surface area contributed by atoms with Gasteiger partial charge in [0.1, 0.15) is 5.75 Å². The van der Waals surface area contributed by atoms with Crippen LogP contribution in [0.1, 0.15) is 56.2 Å². The maximum absolute atomic E-state index is 11.9. The van der Waals surface area contributed by atoms with Crippen LogP contribution >= 0.6 is 15.9 Å². The Labute approximate surface area is 163 Å². The zero-order chi connectivity index (χ0) is 19.1. The molecule has 0 atom stereocenters. The molecule has 0 saturated heterocycles. The maximum Gasteiger partial charge on any atom is 0.277 e. The fourth-order valence-electron chi connectivity index (χ4n) is 2.42. The Balaban J connectivity index is 1.87. The third-order valence-electron chi connectivity index (χ3n) is 3.96. The van der Waals surface area contributed by atoms with Crippen LogP contribution in [0.3, 0.4) is 0 Å². The Hall–Kier alpha value is -2.14. The molecule has 1 N–H and O–H groups in total. The minimum Gasteiger partial charge on any atom is -0.483 e. The van der Waals surface area contributed by atoms with E-state index in [-0.39, 0.29) is 12.5 Å². The third-order valence-corrected chi connectivity index (χ3v) is 4.45. The number of hydrogen-bond donors (Lipinski definition) is 1. The molecular weight excluding hydrogens is 392 g/mol. The first-order chi connectivity index (χ1) is 12.4. The lowest BCUT2D eigenvalue weighted by Gasteiger charge is -2.13. The average molecular weight is 417 g/mol. The van der Waals surface area contributed by atoms with Crippen LogP contribution in [0.5, 0.6) is 5.75 Å². The van der Waals surface area contributed by atoms with E-state index in [0.29, 0.717) is 17.6 Å². The summed E-state index contributed by atoms with van der Waals surface area (Å²) in [5.74, 6) is 1.22. The van der Waals surface area contributed by atoms with E-state index in [0.717, 1.165) is 15.6 Å². The van der Waals surface area contributed by atoms with E-state index in [2.05, 4.69) is 66.3 Å². The molecule has 0 fully saturated rings. The summed E-state index contributed by atoms with van der Waals surface area (Å²) in [6.45, 7) is 8.40. The fourth-order valence-corrected chi connectivity index (χ4v) is 2.80. The predicted molar refractivity (Wildman–Crippen MR) is 110 cm³/mol. The zero-order valence-corrected chi connectivity index (χ0v) is 17.2. The second-order valence-electron chi connectivity index (χ2n) is 6.74. The lowest BCUT2D eigenvalue weighted by atomic mass is 10.0. The molecule has 0 aliphatic rings. The Morgan fingerprint density at radius 2 is 1.81 bits per heavy atom. The monoisotopic (exact) mass is 416 g/mol. The van der Waals surface area contributed by atoms with Gasteiger partial charge < -0.3 is 4.74 Å². The van der Waals surface area contributed by atoms with Crippen LogP contribution in [-0.2, 0) is 4.79 Å². The number of hydrogen-bond acceptors (Lipinski definition) is 3. The molecule has 0 aliphatic heterocycles. The summed E-state index contributed by atoms with van der Waals surface area (Å²) in [7, 11) is 0. The number of rotatable bonds is 7. The SMILES string of the molecule is CC(C)c1ccc(/C=N/NC(=O)COc2ccc(Br)cc2C(C)C)cc1. The molecule has 0 bridgehead atoms. The Morgan fingerprint density at radius 3 is 2.42 bits per heavy atom. The molecule has 0 aliphatic carbocycles. The molecule has 4 nitrogen and oxygen atoms in total. The van der Waals surface area contributed by atoms with Gasteiger partial charge in [-0.05, 0) is 46.7 Å². The van der Waals surface area contributed by atoms with Crippen LogP contribution in [0.15, 0.2) is 52.0 Å². The van der Waals surface area contributed by atoms with E-state index in [1.807, 2.05) is 30.3 Å². The summed E-state index contributed by atoms with van der Waals surface area (Å²) in [5, 5.41) is 3.99. The predicted octanol–water partition coefficient (Wildman–Crippen LogP) is 5.23. The summed E-state index contributed by atoms with van der Waals surface area (Å²) < 4.78 is 6.65. The first-order valence-corrected chi connectivity index (χ1v) is 9.50. The maximum atomic E-state index is 11.9. The highest BCUT2D eigenvalue weighted by atomic mass is 79.9. The van der Waals surface area contributed by atoms with Crippen molar-refractivity contribution < 1.29 is 9.53 Å². The Morgan fingerprint density at radius 1 is 1.12 bits per heavy atom. The van der Waals surface area contributed by atoms with Crippen LogP contribution in [0, 0.1) is 0 Å². The molecule has 0 heterocycles. The van der Waals surface area contributed by atoms with Gasteiger partial charge in [-0.15, -0.1) is 0 Å². The van der Waals surface area contributed by atoms with Crippen molar-refractivity contribution >= 4 is 28.1 Å². The smallest absolute Gasteiger partial charge is 0.277 e. The quantitative estimate of drug-likeness (QED) is 0.496. The largest absolute Gasteiger partial charge is 0.483 e. The van der Waals surface area contributed by atoms with Gasteiger partial charge in [-0.2, -0.15) is 5.10 Å². The van der Waals surface area contributed by atoms with Gasteiger partial charge in [0.2, 0.25) is 0 Å². The lowest BCUT2D eigenvalue weighted by Crippen LogP contribution is -2.24. The zero-order valence-electron chi connectivity index (χ0n) is 15.6. The summed E-state index contributed by atoms with van der Waals surface area (Å²) >= 11 is 3.46. The van der Waals surface area contributed by atoms with Gasteiger partial charge in [-0.25, -0.2) is 5.43 Å². The third kappa shape index (κ3) is 5.99. The molecule has 0 unspecified atom stereocenters. The topological polar surface area (TPSA) is 50.7 Å². The Bertz CT molecular complexity index is 768. The lowest BCUT2D eigenvalue weighted by molar-refractivity contribution is -0.123. The normalized spacial score (nSPS) is 11.3. The van der Waals surface area contributed by atoms with Crippen LogP contribution in [0.2, 0.25) is 0 Å². The van der Waals surface area contributed by atoms with Crippen molar-refractivity contribution in [2.24, 2.45) is 5.10 Å². The van der Waals surface area contributed by atoms with Gasteiger partial charge in [0.25, 0.3) is 5.91 Å². The molecule has 2 aromatic carbocycles. The minimum atomic E-state index is -0.294. The van der Waals surface area contributed by atoms with Crippen molar-refractivity contribution in [1.82, 2.24) is 5.43 Å². The van der Waals surface area contributed by atoms with Crippen LogP contribution in [0.4, 0.5) is 0 Å². The molecule has 2 rings (SSSR count). The highest BCUT2D eigenvalue weighted by Crippen LogP contribution is 2.29. The number of ether oxygens (including phenoxy) is 1. The summed E-state index contributed by atoms with van der Waals surface area (Å²) in [5.41, 5.74) is 5.76. The number of carbonyl (C=O) groups is 1. The standard InChI is InChI=1S/C21H25BrN2O2/c1-14(2)17-7-5-16(6-8-17)12-23-24-21(25)13-26-20-10-9-18(22)11-19(20)15(3)4/h5-12,14-15H,13H2,1-4H3,(H,24,25)/b23-12+. The second kappa shape index (κ2) is 9.53. The summed E-state index contributed by atoms with van der Waals surface area (Å²) in [4.78, 5) is 11.9. The van der Waals surface area contributed by atoms with Crippen molar-refractivity contribution in [1.29, 1.82) is 0 Å². The van der Waals surface area contributed by atoms with E-state index in [1.54, 1.807) is 6.21 Å². The summed E-state index contributed by atoms with van der Waals surface area (Å²) in [6.07, 6.45) is 1.63. The van der Waals surface area contributed by atoms with E-state index in [9.17, 15) is 4.79 Å². The molecule has 0 aromatic heterocycles. The molecule has 0 spiro atoms. The number of hydrazone groups is 1. The van der Waals surface area contributed by atoms with Gasteiger partial charge in [0.05, 0.1) is 6.21 Å². The van der Waals surface area contributed by atoms with Gasteiger partial charge in [-0.3, -0.25) is 4.79 Å². The molecular formula is C21H25BrN2O2. The first kappa shape index (κ1) is 20.2.